The van der Waals surface area contributed by atoms with Crippen molar-refractivity contribution < 1.29 is 63.6 Å². The second-order valence-corrected chi connectivity index (χ2v) is 0. The van der Waals surface area contributed by atoms with Crippen LogP contribution < -0.4 is 0 Å². The molecule has 0 rings (SSSR count). The van der Waals surface area contributed by atoms with Crippen molar-refractivity contribution in [3.8, 4) is 0 Å². The number of hydrogen-bond donors (Lipinski definition) is 0. The Bertz CT molecular complexity index is 12.5. The van der Waals surface area contributed by atoms with Gasteiger partial charge in [-0.1, -0.05) is 0 Å². The third-order valence-corrected chi connectivity index (χ3v) is 0. The van der Waals surface area contributed by atoms with E-state index < -0.39 is 0 Å². The van der Waals surface area contributed by atoms with E-state index in [1.165, 1.54) is 0 Å². The molecule has 0 aromatic heterocycles. The molecule has 0 spiro atoms. The van der Waals surface area contributed by atoms with E-state index in [1.807, 2.05) is 0 Å². The average Bonchev–Trinajstić information content (AvgIpc) is 1.00. The van der Waals surface area contributed by atoms with E-state index in [0.29, 0.717) is 0 Å². The van der Waals surface area contributed by atoms with E-state index in [9.17, 15) is 0 Å². The second-order valence-electron chi connectivity index (χ2n) is 0. The van der Waals surface area contributed by atoms with Gasteiger partial charge in [0.25, 0.3) is 0 Å². The molecule has 0 aromatic carbocycles. The van der Waals surface area contributed by atoms with Crippen molar-refractivity contribution in [1.82, 2.24) is 0 Å². The van der Waals surface area contributed by atoms with Crippen LogP contribution in [0, 0.1) is 0 Å². The molecule has 0 aliphatic heterocycles. The van der Waals surface area contributed by atoms with Crippen molar-refractivity contribution in [2.45, 2.75) is 0 Å². The van der Waals surface area contributed by atoms with Crippen LogP contribution >= 0.6 is 24.8 Å². The predicted octanol–water partition coefficient (Wildman–Crippen LogP) is -5.88. The van der Waals surface area contributed by atoms with Crippen molar-refractivity contribution in [3.05, 3.63) is 0 Å². The van der Waals surface area contributed by atoms with Gasteiger partial charge in [-0.05, 0) is 0 Å². The zero-order chi connectivity index (χ0) is 2.00. The molecule has 0 radical (unpaired) electrons. The molecule has 0 aromatic rings. The van der Waals surface area contributed by atoms with E-state index in [2.05, 4.69) is 0 Å². The minimum absolute atomic E-state index is 0. The molecule has 0 aliphatic rings. The first kappa shape index (κ1) is 676. The van der Waals surface area contributed by atoms with E-state index in [-0.39, 0.29) is 68.6 Å². The Balaban J connectivity index is -0.000000000111. The fourth-order valence-electron chi connectivity index (χ4n) is 0. The molecule has 16 N–H and O–H groups in total. The van der Waals surface area contributed by atoms with Gasteiger partial charge < -0.3 is 43.8 Å². The fourth-order valence-corrected chi connectivity index (χ4v) is 0. The van der Waals surface area contributed by atoms with Gasteiger partial charge >= 0.3 is 19.8 Å². The van der Waals surface area contributed by atoms with Crippen LogP contribution in [-0.2, 0) is 19.8 Å². The van der Waals surface area contributed by atoms with Crippen molar-refractivity contribution in [3.63, 3.8) is 0 Å². The Hall–Kier alpha value is 0.579. The topological polar surface area (TPSA) is 269 Å². The molecular weight excluding hydrogens is 270 g/mol. The van der Waals surface area contributed by atoms with Gasteiger partial charge in [0.15, 0.2) is 0 Å². The molecule has 0 heterocycles. The van der Waals surface area contributed by atoms with Gasteiger partial charge in [-0.15, -0.1) is 24.8 Å². The fraction of sp³-hybridized carbons (Fsp3) is 0. The molecule has 12 heteroatoms. The average molecular weight is 288 g/mol. The van der Waals surface area contributed by atoms with Crippen LogP contribution in [-0.4, -0.2) is 43.8 Å². The van der Waals surface area contributed by atoms with Gasteiger partial charge in [0.1, 0.15) is 0 Å². The summed E-state index contributed by atoms with van der Waals surface area (Å²) in [6.07, 6.45) is 0. The Morgan fingerprint density at radius 2 is 0.417 bits per heavy atom. The third-order valence-electron chi connectivity index (χ3n) is 0. The quantitative estimate of drug-likeness (QED) is 0.386. The summed E-state index contributed by atoms with van der Waals surface area (Å²) in [5.74, 6) is 0. The maximum absolute atomic E-state index is 8.06. The molecule has 0 saturated carbocycles. The van der Waals surface area contributed by atoms with E-state index in [1.54, 1.807) is 15.9 Å². The SMILES string of the molecule is Cl.Cl.O.O.O.O.O.O.O.O.[O]=[Mn]. The Kier molecular flexibility index (Phi) is 217000. The summed E-state index contributed by atoms with van der Waals surface area (Å²) in [5.41, 5.74) is 0. The third kappa shape index (κ3) is 2890. The first-order valence-electron chi connectivity index (χ1n) is 0.154. The molecule has 0 atom stereocenters. The number of rotatable bonds is 0. The predicted molar refractivity (Wildman–Crippen MR) is 44.1 cm³/mol. The van der Waals surface area contributed by atoms with Crippen molar-refractivity contribution in [2.24, 2.45) is 0 Å². The van der Waals surface area contributed by atoms with Gasteiger partial charge in [-0.25, -0.2) is 0 Å². The van der Waals surface area contributed by atoms with Crippen LogP contribution in [0.5, 0.6) is 0 Å². The van der Waals surface area contributed by atoms with Crippen LogP contribution in [0.1, 0.15) is 0 Å². The van der Waals surface area contributed by atoms with Crippen LogP contribution in [0.2, 0.25) is 0 Å². The normalized spacial score (nSPS) is 0.333. The van der Waals surface area contributed by atoms with Crippen molar-refractivity contribution in [2.75, 3.05) is 0 Å². The van der Waals surface area contributed by atoms with Crippen LogP contribution in [0.25, 0.3) is 0 Å². The summed E-state index contributed by atoms with van der Waals surface area (Å²) < 4.78 is 8.06. The van der Waals surface area contributed by atoms with Crippen LogP contribution in [0.15, 0.2) is 0 Å². The zero-order valence-corrected chi connectivity index (χ0v) is 8.42. The zero-order valence-electron chi connectivity index (χ0n) is 5.60. The molecule has 0 amide bonds. The second kappa shape index (κ2) is 3860. The Labute approximate surface area is 88.8 Å². The molecule has 0 bridgehead atoms. The monoisotopic (exact) mass is 287 g/mol. The standard InChI is InChI=1S/2ClH.Mn.8H2O.O/h2*1H;;8*1H2;. The van der Waals surface area contributed by atoms with Gasteiger partial charge in [0, 0.05) is 0 Å². The molecular formula is H18Cl2MnO9. The molecule has 0 saturated heterocycles. The Morgan fingerprint density at radius 3 is 0.417 bits per heavy atom. The first-order valence-corrected chi connectivity index (χ1v) is 0.636. The molecule has 93 valence electrons. The Morgan fingerprint density at radius 1 is 0.417 bits per heavy atom. The summed E-state index contributed by atoms with van der Waals surface area (Å²) in [6, 6.07) is 0. The first-order chi connectivity index (χ1) is 1.00. The molecule has 0 aliphatic carbocycles. The van der Waals surface area contributed by atoms with Gasteiger partial charge in [0.05, 0.1) is 0 Å². The van der Waals surface area contributed by atoms with Gasteiger partial charge in [-0.3, -0.25) is 0 Å². The summed E-state index contributed by atoms with van der Waals surface area (Å²) in [5, 5.41) is 0. The number of halogens is 2. The number of hydrogen-bond acceptors (Lipinski definition) is 1. The summed E-state index contributed by atoms with van der Waals surface area (Å²) >= 11 is 1.69. The van der Waals surface area contributed by atoms with E-state index >= 15 is 0 Å². The molecule has 0 fully saturated rings. The molecule has 9 nitrogen and oxygen atoms in total. The van der Waals surface area contributed by atoms with Crippen molar-refractivity contribution in [1.29, 1.82) is 0 Å². The van der Waals surface area contributed by atoms with E-state index in [4.69, 9.17) is 3.83 Å². The maximum atomic E-state index is 8.06. The van der Waals surface area contributed by atoms with Crippen LogP contribution in [0.3, 0.4) is 0 Å². The van der Waals surface area contributed by atoms with Crippen LogP contribution in [0.4, 0.5) is 0 Å². The minimum atomic E-state index is 0. The van der Waals surface area contributed by atoms with Gasteiger partial charge in [-0.2, -0.15) is 0 Å². The van der Waals surface area contributed by atoms with E-state index in [0.717, 1.165) is 0 Å². The summed E-state index contributed by atoms with van der Waals surface area (Å²) in [4.78, 5) is 0. The van der Waals surface area contributed by atoms with Gasteiger partial charge in [0.2, 0.25) is 0 Å². The van der Waals surface area contributed by atoms with Crippen molar-refractivity contribution >= 4 is 24.8 Å². The summed E-state index contributed by atoms with van der Waals surface area (Å²) in [7, 11) is 0. The summed E-state index contributed by atoms with van der Waals surface area (Å²) in [6.45, 7) is 0. The molecule has 12 heavy (non-hydrogen) atoms. The molecule has 0 unspecified atom stereocenters.